The summed E-state index contributed by atoms with van der Waals surface area (Å²) in [5.41, 5.74) is 6.67. The summed E-state index contributed by atoms with van der Waals surface area (Å²) in [4.78, 5) is 12.5. The Labute approximate surface area is 125 Å². The lowest BCUT2D eigenvalue weighted by Crippen LogP contribution is -2.45. The first-order valence-electron chi connectivity index (χ1n) is 7.42. The van der Waals surface area contributed by atoms with Gasteiger partial charge in [-0.15, -0.1) is 0 Å². The second-order valence-electron chi connectivity index (χ2n) is 5.79. The minimum Gasteiger partial charge on any atom is -0.409 e. The van der Waals surface area contributed by atoms with Gasteiger partial charge in [0.05, 0.1) is 0 Å². The Morgan fingerprint density at radius 2 is 2.10 bits per heavy atom. The van der Waals surface area contributed by atoms with Gasteiger partial charge in [0.2, 0.25) is 5.91 Å². The van der Waals surface area contributed by atoms with Gasteiger partial charge in [0.15, 0.2) is 5.84 Å². The zero-order chi connectivity index (χ0) is 15.3. The van der Waals surface area contributed by atoms with Crippen molar-refractivity contribution in [3.05, 3.63) is 35.9 Å². The third-order valence-electron chi connectivity index (χ3n) is 4.61. The molecule has 114 valence electrons. The lowest BCUT2D eigenvalue weighted by molar-refractivity contribution is -0.122. The number of hydrogen-bond acceptors (Lipinski definition) is 3. The highest BCUT2D eigenvalue weighted by Crippen LogP contribution is 2.43. The molecule has 0 radical (unpaired) electrons. The van der Waals surface area contributed by atoms with Crippen LogP contribution in [0, 0.1) is 5.41 Å². The highest BCUT2D eigenvalue weighted by molar-refractivity contribution is 6.07. The number of rotatable bonds is 6. The van der Waals surface area contributed by atoms with Crippen LogP contribution >= 0.6 is 0 Å². The number of oxime groups is 1. The van der Waals surface area contributed by atoms with Crippen LogP contribution in [0.5, 0.6) is 0 Å². The Kier molecular flexibility index (Phi) is 4.83. The molecule has 1 aliphatic rings. The molecule has 1 aromatic carbocycles. The van der Waals surface area contributed by atoms with Crippen molar-refractivity contribution in [1.82, 2.24) is 5.32 Å². The average molecular weight is 289 g/mol. The van der Waals surface area contributed by atoms with Crippen molar-refractivity contribution in [2.45, 2.75) is 38.5 Å². The molecule has 5 heteroatoms. The fraction of sp³-hybridized carbons (Fsp3) is 0.500. The van der Waals surface area contributed by atoms with E-state index in [9.17, 15) is 4.79 Å². The molecule has 1 unspecified atom stereocenters. The van der Waals surface area contributed by atoms with Gasteiger partial charge in [-0.3, -0.25) is 4.79 Å². The molecule has 21 heavy (non-hydrogen) atoms. The topological polar surface area (TPSA) is 87.7 Å². The van der Waals surface area contributed by atoms with Crippen LogP contribution in [-0.4, -0.2) is 23.5 Å². The summed E-state index contributed by atoms with van der Waals surface area (Å²) in [6.07, 6.45) is 4.60. The van der Waals surface area contributed by atoms with Gasteiger partial charge in [-0.25, -0.2) is 0 Å². The molecule has 0 bridgehead atoms. The Balaban J connectivity index is 2.09. The predicted octanol–water partition coefficient (Wildman–Crippen LogP) is 2.21. The number of benzene rings is 1. The van der Waals surface area contributed by atoms with Gasteiger partial charge in [0.1, 0.15) is 5.92 Å². The van der Waals surface area contributed by atoms with E-state index in [1.807, 2.05) is 18.2 Å². The van der Waals surface area contributed by atoms with Crippen LogP contribution in [0.2, 0.25) is 0 Å². The fourth-order valence-electron chi connectivity index (χ4n) is 2.87. The number of nitrogens with two attached hydrogens (primary N) is 1. The Bertz CT molecular complexity index is 504. The molecule has 0 aliphatic heterocycles. The van der Waals surface area contributed by atoms with Crippen LogP contribution < -0.4 is 11.1 Å². The van der Waals surface area contributed by atoms with E-state index in [0.717, 1.165) is 24.8 Å². The van der Waals surface area contributed by atoms with E-state index in [2.05, 4.69) is 17.4 Å². The third-order valence-corrected chi connectivity index (χ3v) is 4.61. The molecule has 2 rings (SSSR count). The zero-order valence-electron chi connectivity index (χ0n) is 12.4. The lowest BCUT2D eigenvalue weighted by atomic mass is 9.67. The molecule has 1 atom stereocenters. The van der Waals surface area contributed by atoms with E-state index in [1.165, 1.54) is 6.42 Å². The van der Waals surface area contributed by atoms with E-state index >= 15 is 0 Å². The van der Waals surface area contributed by atoms with Gasteiger partial charge in [-0.05, 0) is 30.2 Å². The summed E-state index contributed by atoms with van der Waals surface area (Å²) in [7, 11) is 0. The third kappa shape index (κ3) is 3.35. The quantitative estimate of drug-likeness (QED) is 0.325. The number of amidine groups is 1. The second-order valence-corrected chi connectivity index (χ2v) is 5.79. The van der Waals surface area contributed by atoms with Crippen LogP contribution in [0.4, 0.5) is 0 Å². The molecular formula is C16H23N3O2. The Morgan fingerprint density at radius 3 is 2.57 bits per heavy atom. The molecule has 0 spiro atoms. The van der Waals surface area contributed by atoms with Crippen molar-refractivity contribution in [1.29, 1.82) is 0 Å². The predicted molar refractivity (Wildman–Crippen MR) is 82.2 cm³/mol. The van der Waals surface area contributed by atoms with E-state index in [1.54, 1.807) is 12.1 Å². The maximum Gasteiger partial charge on any atom is 0.235 e. The molecule has 5 nitrogen and oxygen atoms in total. The van der Waals surface area contributed by atoms with Crippen molar-refractivity contribution in [2.24, 2.45) is 16.3 Å². The summed E-state index contributed by atoms with van der Waals surface area (Å²) in [5, 5.41) is 14.9. The van der Waals surface area contributed by atoms with Gasteiger partial charge < -0.3 is 16.3 Å². The van der Waals surface area contributed by atoms with Gasteiger partial charge in [0.25, 0.3) is 0 Å². The number of hydrogen-bond donors (Lipinski definition) is 3. The smallest absolute Gasteiger partial charge is 0.235 e. The summed E-state index contributed by atoms with van der Waals surface area (Å²) >= 11 is 0. The van der Waals surface area contributed by atoms with Gasteiger partial charge >= 0.3 is 0 Å². The van der Waals surface area contributed by atoms with Crippen LogP contribution in [0.1, 0.15) is 44.1 Å². The molecule has 0 heterocycles. The van der Waals surface area contributed by atoms with Crippen molar-refractivity contribution < 1.29 is 10.0 Å². The summed E-state index contributed by atoms with van der Waals surface area (Å²) in [6.45, 7) is 2.81. The number of amides is 1. The highest BCUT2D eigenvalue weighted by atomic mass is 16.4. The van der Waals surface area contributed by atoms with Crippen molar-refractivity contribution in [3.8, 4) is 0 Å². The van der Waals surface area contributed by atoms with Crippen molar-refractivity contribution >= 4 is 11.7 Å². The number of carbonyl (C=O) groups excluding carboxylic acids is 1. The van der Waals surface area contributed by atoms with Crippen LogP contribution in [0.3, 0.4) is 0 Å². The first-order chi connectivity index (χ1) is 10.1. The fourth-order valence-corrected chi connectivity index (χ4v) is 2.87. The minimum atomic E-state index is -0.745. The van der Waals surface area contributed by atoms with E-state index in [-0.39, 0.29) is 17.2 Å². The molecule has 1 fully saturated rings. The second kappa shape index (κ2) is 6.61. The highest BCUT2D eigenvalue weighted by Gasteiger charge is 2.36. The van der Waals surface area contributed by atoms with E-state index in [0.29, 0.717) is 6.54 Å². The minimum absolute atomic E-state index is 0.0853. The average Bonchev–Trinajstić information content (AvgIpc) is 2.47. The Morgan fingerprint density at radius 1 is 1.43 bits per heavy atom. The van der Waals surface area contributed by atoms with Gasteiger partial charge in [0, 0.05) is 6.54 Å². The molecule has 1 aliphatic carbocycles. The number of carbonyl (C=O) groups is 1. The molecule has 1 amide bonds. The maximum absolute atomic E-state index is 12.5. The molecule has 1 saturated carbocycles. The largest absolute Gasteiger partial charge is 0.409 e. The van der Waals surface area contributed by atoms with Gasteiger partial charge in [-0.1, -0.05) is 48.8 Å². The molecule has 0 aromatic heterocycles. The summed E-state index contributed by atoms with van der Waals surface area (Å²) in [6, 6.07) is 9.15. The van der Waals surface area contributed by atoms with Crippen molar-refractivity contribution in [3.63, 3.8) is 0 Å². The Hall–Kier alpha value is -2.04. The standard InChI is InChI=1S/C16H23N3O2/c1-2-16(9-6-10-16)11-18-15(20)13(14(17)19-21)12-7-4-3-5-8-12/h3-5,7-8,13,21H,2,6,9-11H2,1H3,(H2,17,19)(H,18,20). The van der Waals surface area contributed by atoms with Gasteiger partial charge in [-0.2, -0.15) is 0 Å². The maximum atomic E-state index is 12.5. The molecular weight excluding hydrogens is 266 g/mol. The zero-order valence-corrected chi connectivity index (χ0v) is 12.4. The lowest BCUT2D eigenvalue weighted by Gasteiger charge is -2.41. The first kappa shape index (κ1) is 15.4. The summed E-state index contributed by atoms with van der Waals surface area (Å²) < 4.78 is 0. The SMILES string of the molecule is CCC1(CNC(=O)C(/C(N)=N/O)c2ccccc2)CCC1. The molecule has 0 saturated heterocycles. The summed E-state index contributed by atoms with van der Waals surface area (Å²) in [5.74, 6) is -1.04. The van der Waals surface area contributed by atoms with Crippen LogP contribution in [0.25, 0.3) is 0 Å². The normalized spacial score (nSPS) is 18.6. The molecule has 1 aromatic rings. The monoisotopic (exact) mass is 289 g/mol. The number of nitrogens with one attached hydrogen (secondary N) is 1. The van der Waals surface area contributed by atoms with E-state index < -0.39 is 5.92 Å². The van der Waals surface area contributed by atoms with Crippen LogP contribution in [-0.2, 0) is 4.79 Å². The molecule has 4 N–H and O–H groups in total. The van der Waals surface area contributed by atoms with E-state index in [4.69, 9.17) is 10.9 Å². The van der Waals surface area contributed by atoms with Crippen molar-refractivity contribution in [2.75, 3.05) is 6.54 Å². The number of nitrogens with zero attached hydrogens (tertiary/aromatic N) is 1. The van der Waals surface area contributed by atoms with Crippen LogP contribution in [0.15, 0.2) is 35.5 Å². The first-order valence-corrected chi connectivity index (χ1v) is 7.42.